The molecule has 0 saturated heterocycles. The maximum absolute atomic E-state index is 6.34. The maximum atomic E-state index is 6.34. The van der Waals surface area contributed by atoms with Crippen LogP contribution in [0, 0.1) is 22.7 Å². The van der Waals surface area contributed by atoms with E-state index < -0.39 is 0 Å². The SMILES string of the molecule is CCCCC1(CC2(CCCC)CCCCC2CN)CCCCC1CN. The van der Waals surface area contributed by atoms with Crippen molar-refractivity contribution in [3.8, 4) is 0 Å². The van der Waals surface area contributed by atoms with Gasteiger partial charge in [-0.15, -0.1) is 0 Å². The topological polar surface area (TPSA) is 52.0 Å². The summed E-state index contributed by atoms with van der Waals surface area (Å²) in [6, 6.07) is 0. The average Bonchev–Trinajstić information content (AvgIpc) is 2.65. The van der Waals surface area contributed by atoms with Gasteiger partial charge in [0.25, 0.3) is 0 Å². The molecule has 0 spiro atoms. The Morgan fingerprint density at radius 3 is 1.52 bits per heavy atom. The first kappa shape index (κ1) is 21.2. The zero-order valence-electron chi connectivity index (χ0n) is 17.3. The van der Waals surface area contributed by atoms with Gasteiger partial charge in [0, 0.05) is 0 Å². The lowest BCUT2D eigenvalue weighted by atomic mass is 9.51. The van der Waals surface area contributed by atoms with Crippen LogP contribution in [-0.2, 0) is 0 Å². The molecule has 0 aromatic carbocycles. The van der Waals surface area contributed by atoms with Crippen molar-refractivity contribution in [2.45, 2.75) is 110 Å². The van der Waals surface area contributed by atoms with Crippen LogP contribution in [0.5, 0.6) is 0 Å². The molecule has 2 nitrogen and oxygen atoms in total. The molecule has 2 aliphatic rings. The third kappa shape index (κ3) is 5.01. The van der Waals surface area contributed by atoms with Crippen molar-refractivity contribution in [2.75, 3.05) is 13.1 Å². The lowest BCUT2D eigenvalue weighted by Gasteiger charge is -2.54. The predicted molar refractivity (Wildman–Crippen MR) is 111 cm³/mol. The minimum atomic E-state index is 0.515. The van der Waals surface area contributed by atoms with Gasteiger partial charge in [0.1, 0.15) is 0 Å². The first-order valence-electron chi connectivity index (χ1n) is 11.6. The van der Waals surface area contributed by atoms with Crippen LogP contribution in [0.1, 0.15) is 110 Å². The molecule has 2 saturated carbocycles. The summed E-state index contributed by atoms with van der Waals surface area (Å²) in [7, 11) is 0. The van der Waals surface area contributed by atoms with Crippen LogP contribution in [0.3, 0.4) is 0 Å². The highest BCUT2D eigenvalue weighted by Gasteiger charge is 2.48. The van der Waals surface area contributed by atoms with E-state index in [4.69, 9.17) is 11.5 Å². The van der Waals surface area contributed by atoms with Crippen molar-refractivity contribution in [1.82, 2.24) is 0 Å². The van der Waals surface area contributed by atoms with E-state index in [2.05, 4.69) is 13.8 Å². The molecule has 0 bridgehead atoms. The van der Waals surface area contributed by atoms with E-state index in [1.807, 2.05) is 0 Å². The Bertz CT molecular complexity index is 335. The average molecular weight is 351 g/mol. The summed E-state index contributed by atoms with van der Waals surface area (Å²) in [6.45, 7) is 6.51. The van der Waals surface area contributed by atoms with Crippen molar-refractivity contribution in [2.24, 2.45) is 34.1 Å². The van der Waals surface area contributed by atoms with Gasteiger partial charge < -0.3 is 11.5 Å². The van der Waals surface area contributed by atoms with Gasteiger partial charge in [0.05, 0.1) is 0 Å². The summed E-state index contributed by atoms with van der Waals surface area (Å²) in [4.78, 5) is 0. The largest absolute Gasteiger partial charge is 0.330 e. The predicted octanol–water partition coefficient (Wildman–Crippen LogP) is 6.03. The van der Waals surface area contributed by atoms with Crippen LogP contribution >= 0.6 is 0 Å². The van der Waals surface area contributed by atoms with Gasteiger partial charge in [-0.05, 0) is 80.7 Å². The number of rotatable bonds is 10. The number of hydrogen-bond donors (Lipinski definition) is 2. The van der Waals surface area contributed by atoms with Gasteiger partial charge >= 0.3 is 0 Å². The smallest absolute Gasteiger partial charge is 0.00436 e. The van der Waals surface area contributed by atoms with Gasteiger partial charge in [-0.3, -0.25) is 0 Å². The molecule has 148 valence electrons. The Labute approximate surface area is 157 Å². The van der Waals surface area contributed by atoms with Gasteiger partial charge in [-0.1, -0.05) is 65.2 Å². The van der Waals surface area contributed by atoms with Gasteiger partial charge in [-0.2, -0.15) is 0 Å². The number of hydrogen-bond acceptors (Lipinski definition) is 2. The second-order valence-corrected chi connectivity index (χ2v) is 9.47. The van der Waals surface area contributed by atoms with E-state index in [1.54, 1.807) is 0 Å². The maximum Gasteiger partial charge on any atom is -0.00436 e. The fraction of sp³-hybridized carbons (Fsp3) is 1.00. The molecule has 2 heteroatoms. The summed E-state index contributed by atoms with van der Waals surface area (Å²) >= 11 is 0. The van der Waals surface area contributed by atoms with E-state index in [9.17, 15) is 0 Å². The molecule has 0 heterocycles. The molecule has 2 fully saturated rings. The molecule has 4 unspecified atom stereocenters. The Morgan fingerprint density at radius 2 is 1.16 bits per heavy atom. The van der Waals surface area contributed by atoms with Crippen LogP contribution in [-0.4, -0.2) is 13.1 Å². The van der Waals surface area contributed by atoms with E-state index in [-0.39, 0.29) is 0 Å². The summed E-state index contributed by atoms with van der Waals surface area (Å²) in [5.41, 5.74) is 13.7. The van der Waals surface area contributed by atoms with Crippen LogP contribution < -0.4 is 11.5 Å². The molecule has 0 aliphatic heterocycles. The first-order chi connectivity index (χ1) is 12.2. The second kappa shape index (κ2) is 10.3. The van der Waals surface area contributed by atoms with Gasteiger partial charge in [-0.25, -0.2) is 0 Å². The quantitative estimate of drug-likeness (QED) is 0.505. The molecule has 0 radical (unpaired) electrons. The fourth-order valence-corrected chi connectivity index (χ4v) is 6.55. The van der Waals surface area contributed by atoms with Crippen LogP contribution in [0.2, 0.25) is 0 Å². The van der Waals surface area contributed by atoms with Crippen molar-refractivity contribution < 1.29 is 0 Å². The zero-order valence-corrected chi connectivity index (χ0v) is 17.3. The van der Waals surface area contributed by atoms with Crippen LogP contribution in [0.4, 0.5) is 0 Å². The third-order valence-electron chi connectivity index (χ3n) is 8.02. The van der Waals surface area contributed by atoms with E-state index in [0.29, 0.717) is 10.8 Å². The van der Waals surface area contributed by atoms with Crippen molar-refractivity contribution in [3.63, 3.8) is 0 Å². The first-order valence-corrected chi connectivity index (χ1v) is 11.6. The monoisotopic (exact) mass is 350 g/mol. The standard InChI is InChI=1S/C23H46N2/c1-3-5-13-22(15-9-7-11-20(22)17-24)19-23(14-6-4-2)16-10-8-12-21(23)18-25/h20-21H,3-19,24-25H2,1-2H3. The highest BCUT2D eigenvalue weighted by atomic mass is 14.6. The highest BCUT2D eigenvalue weighted by molar-refractivity contribution is 5.00. The molecule has 0 aromatic heterocycles. The normalized spacial score (nSPS) is 36.5. The molecule has 4 atom stereocenters. The molecule has 2 rings (SSSR count). The molecular formula is C23H46N2. The summed E-state index contributed by atoms with van der Waals surface area (Å²) in [6.07, 6.45) is 20.9. The minimum Gasteiger partial charge on any atom is -0.330 e. The summed E-state index contributed by atoms with van der Waals surface area (Å²) in [5.74, 6) is 1.51. The van der Waals surface area contributed by atoms with Crippen LogP contribution in [0.15, 0.2) is 0 Å². The van der Waals surface area contributed by atoms with Crippen LogP contribution in [0.25, 0.3) is 0 Å². The number of unbranched alkanes of at least 4 members (excludes halogenated alkanes) is 2. The second-order valence-electron chi connectivity index (χ2n) is 9.47. The van der Waals surface area contributed by atoms with Gasteiger partial charge in [0.2, 0.25) is 0 Å². The molecule has 0 aromatic rings. The zero-order chi connectivity index (χ0) is 18.2. The molecule has 25 heavy (non-hydrogen) atoms. The number of nitrogens with two attached hydrogens (primary N) is 2. The van der Waals surface area contributed by atoms with Crippen molar-refractivity contribution >= 4 is 0 Å². The lowest BCUT2D eigenvalue weighted by molar-refractivity contribution is -0.0306. The fourth-order valence-electron chi connectivity index (χ4n) is 6.55. The van der Waals surface area contributed by atoms with E-state index in [0.717, 1.165) is 24.9 Å². The minimum absolute atomic E-state index is 0.515. The van der Waals surface area contributed by atoms with E-state index >= 15 is 0 Å². The Morgan fingerprint density at radius 1 is 0.720 bits per heavy atom. The molecule has 4 N–H and O–H groups in total. The Hall–Kier alpha value is -0.0800. The summed E-state index contributed by atoms with van der Waals surface area (Å²) < 4.78 is 0. The third-order valence-corrected chi connectivity index (χ3v) is 8.02. The van der Waals surface area contributed by atoms with E-state index in [1.165, 1.54) is 96.3 Å². The lowest BCUT2D eigenvalue weighted by Crippen LogP contribution is -2.47. The Balaban J connectivity index is 2.29. The molecular weight excluding hydrogens is 304 g/mol. The van der Waals surface area contributed by atoms with Crippen molar-refractivity contribution in [3.05, 3.63) is 0 Å². The molecule has 2 aliphatic carbocycles. The molecule has 0 amide bonds. The summed E-state index contributed by atoms with van der Waals surface area (Å²) in [5, 5.41) is 0. The van der Waals surface area contributed by atoms with Crippen molar-refractivity contribution in [1.29, 1.82) is 0 Å². The Kier molecular flexibility index (Phi) is 8.75. The van der Waals surface area contributed by atoms with Gasteiger partial charge in [0.15, 0.2) is 0 Å². The highest BCUT2D eigenvalue weighted by Crippen LogP contribution is 2.58.